The van der Waals surface area contributed by atoms with Gasteiger partial charge in [0.25, 0.3) is 5.91 Å². The molecule has 0 radical (unpaired) electrons. The third kappa shape index (κ3) is 6.01. The fourth-order valence-electron chi connectivity index (χ4n) is 4.61. The van der Waals surface area contributed by atoms with E-state index < -0.39 is 10.0 Å². The van der Waals surface area contributed by atoms with E-state index in [1.807, 2.05) is 73.7 Å². The Morgan fingerprint density at radius 1 is 0.786 bits per heavy atom. The maximum Gasteiger partial charge on any atom is 0.260 e. The molecule has 1 heterocycles. The summed E-state index contributed by atoms with van der Waals surface area (Å²) in [6, 6.07) is 28.8. The van der Waals surface area contributed by atoms with E-state index in [-0.39, 0.29) is 23.9 Å². The second kappa shape index (κ2) is 12.7. The highest BCUT2D eigenvalue weighted by molar-refractivity contribution is 7.89. The van der Waals surface area contributed by atoms with Crippen molar-refractivity contribution in [2.45, 2.75) is 24.9 Å². The fraction of sp³-hybridized carbons (Fsp3) is 0.188. The number of methoxy groups -OCH3 is 2. The number of aromatic nitrogens is 1. The highest BCUT2D eigenvalue weighted by atomic mass is 32.2. The van der Waals surface area contributed by atoms with Crippen LogP contribution in [0, 0.1) is 0 Å². The van der Waals surface area contributed by atoms with Gasteiger partial charge >= 0.3 is 0 Å². The van der Waals surface area contributed by atoms with Gasteiger partial charge in [0.15, 0.2) is 5.13 Å². The van der Waals surface area contributed by atoms with Crippen molar-refractivity contribution in [2.24, 2.45) is 0 Å². The Labute approximate surface area is 249 Å². The second-order valence-electron chi connectivity index (χ2n) is 9.46. The van der Waals surface area contributed by atoms with Gasteiger partial charge in [-0.3, -0.25) is 9.69 Å². The number of carbonyl (C=O) groups excluding carboxylic acids is 1. The van der Waals surface area contributed by atoms with Crippen molar-refractivity contribution in [1.29, 1.82) is 0 Å². The molecule has 0 bridgehead atoms. The Balaban J connectivity index is 1.48. The first kappa shape index (κ1) is 29.2. The van der Waals surface area contributed by atoms with Crippen molar-refractivity contribution in [2.75, 3.05) is 25.7 Å². The molecule has 42 heavy (non-hydrogen) atoms. The molecule has 0 atom stereocenters. The number of thiazole rings is 1. The minimum atomic E-state index is -3.78. The van der Waals surface area contributed by atoms with Crippen LogP contribution in [0.2, 0.25) is 0 Å². The molecule has 0 saturated carbocycles. The SMILES string of the molecule is CCN(Cc1ccccc1)S(=O)(=O)c1ccc(C(=O)N(Cc2ccccc2)c2nc3c(OC)ccc(OC)c3s2)cc1. The predicted octanol–water partition coefficient (Wildman–Crippen LogP) is 6.37. The number of anilines is 1. The van der Waals surface area contributed by atoms with Crippen LogP contribution in [0.5, 0.6) is 11.5 Å². The third-order valence-corrected chi connectivity index (χ3v) is 9.88. The summed E-state index contributed by atoms with van der Waals surface area (Å²) in [5, 5.41) is 0.471. The van der Waals surface area contributed by atoms with Crippen molar-refractivity contribution in [1.82, 2.24) is 9.29 Å². The minimum absolute atomic E-state index is 0.126. The van der Waals surface area contributed by atoms with E-state index in [0.717, 1.165) is 15.8 Å². The molecule has 8 nitrogen and oxygen atoms in total. The Morgan fingerprint density at radius 2 is 1.36 bits per heavy atom. The second-order valence-corrected chi connectivity index (χ2v) is 12.4. The lowest BCUT2D eigenvalue weighted by molar-refractivity contribution is 0.0985. The number of ether oxygens (including phenoxy) is 2. The lowest BCUT2D eigenvalue weighted by Crippen LogP contribution is -2.31. The zero-order chi connectivity index (χ0) is 29.7. The summed E-state index contributed by atoms with van der Waals surface area (Å²) < 4.78 is 40.2. The van der Waals surface area contributed by atoms with Crippen LogP contribution < -0.4 is 14.4 Å². The first-order valence-corrected chi connectivity index (χ1v) is 15.6. The number of sulfonamides is 1. The summed E-state index contributed by atoms with van der Waals surface area (Å²) in [6.07, 6.45) is 0. The highest BCUT2D eigenvalue weighted by Gasteiger charge is 2.26. The van der Waals surface area contributed by atoms with Gasteiger partial charge in [0, 0.05) is 18.7 Å². The van der Waals surface area contributed by atoms with Crippen LogP contribution >= 0.6 is 11.3 Å². The standard InChI is InChI=1S/C32H31N3O5S2/c1-4-34(21-23-11-7-5-8-12-23)42(37,38)26-17-15-25(16-18-26)31(36)35(22-24-13-9-6-10-14-24)32-33-29-27(39-2)19-20-28(40-3)30(29)41-32/h5-20H,4,21-22H2,1-3H3. The molecule has 0 spiro atoms. The van der Waals surface area contributed by atoms with Gasteiger partial charge < -0.3 is 9.47 Å². The smallest absolute Gasteiger partial charge is 0.260 e. The summed E-state index contributed by atoms with van der Waals surface area (Å²) in [6.45, 7) is 2.65. The summed E-state index contributed by atoms with van der Waals surface area (Å²) in [5.41, 5.74) is 2.76. The van der Waals surface area contributed by atoms with Crippen molar-refractivity contribution < 1.29 is 22.7 Å². The maximum absolute atomic E-state index is 14.0. The van der Waals surface area contributed by atoms with Crippen LogP contribution in [0.3, 0.4) is 0 Å². The third-order valence-electron chi connectivity index (χ3n) is 6.85. The molecule has 5 rings (SSSR count). The van der Waals surface area contributed by atoms with E-state index in [1.54, 1.807) is 37.3 Å². The topological polar surface area (TPSA) is 89.0 Å². The van der Waals surface area contributed by atoms with E-state index in [4.69, 9.17) is 14.5 Å². The molecule has 1 aromatic heterocycles. The number of carbonyl (C=O) groups is 1. The first-order chi connectivity index (χ1) is 20.3. The van der Waals surface area contributed by atoms with Gasteiger partial charge in [-0.1, -0.05) is 78.9 Å². The Bertz CT molecular complexity index is 1730. The number of fused-ring (bicyclic) bond motifs is 1. The van der Waals surface area contributed by atoms with Crippen LogP contribution in [0.15, 0.2) is 102 Å². The van der Waals surface area contributed by atoms with Crippen LogP contribution in [0.1, 0.15) is 28.4 Å². The van der Waals surface area contributed by atoms with Crippen LogP contribution in [0.4, 0.5) is 5.13 Å². The van der Waals surface area contributed by atoms with E-state index >= 15 is 0 Å². The number of amides is 1. The molecule has 0 fully saturated rings. The summed E-state index contributed by atoms with van der Waals surface area (Å²) in [4.78, 5) is 20.5. The van der Waals surface area contributed by atoms with Gasteiger partial charge in [0.05, 0.1) is 25.7 Å². The monoisotopic (exact) mass is 601 g/mol. The zero-order valence-corrected chi connectivity index (χ0v) is 25.2. The first-order valence-electron chi connectivity index (χ1n) is 13.4. The molecule has 0 unspecified atom stereocenters. The van der Waals surface area contributed by atoms with Crippen molar-refractivity contribution >= 4 is 42.6 Å². The highest BCUT2D eigenvalue weighted by Crippen LogP contribution is 2.40. The predicted molar refractivity (Wildman–Crippen MR) is 166 cm³/mol. The van der Waals surface area contributed by atoms with E-state index in [0.29, 0.717) is 34.3 Å². The maximum atomic E-state index is 14.0. The zero-order valence-electron chi connectivity index (χ0n) is 23.6. The lowest BCUT2D eigenvalue weighted by Gasteiger charge is -2.22. The Kier molecular flexibility index (Phi) is 8.86. The van der Waals surface area contributed by atoms with E-state index in [2.05, 4.69) is 0 Å². The molecule has 10 heteroatoms. The van der Waals surface area contributed by atoms with Gasteiger partial charge in [-0.2, -0.15) is 4.31 Å². The van der Waals surface area contributed by atoms with Crippen molar-refractivity contribution in [3.63, 3.8) is 0 Å². The Morgan fingerprint density at radius 3 is 1.93 bits per heavy atom. The molecule has 216 valence electrons. The summed E-state index contributed by atoms with van der Waals surface area (Å²) >= 11 is 1.33. The number of hydrogen-bond acceptors (Lipinski definition) is 7. The van der Waals surface area contributed by atoms with Crippen LogP contribution in [-0.4, -0.2) is 44.4 Å². The number of hydrogen-bond donors (Lipinski definition) is 0. The summed E-state index contributed by atoms with van der Waals surface area (Å²) in [7, 11) is -0.617. The average Bonchev–Trinajstić information content (AvgIpc) is 3.48. The quantitative estimate of drug-likeness (QED) is 0.175. The largest absolute Gasteiger partial charge is 0.495 e. The van der Waals surface area contributed by atoms with Crippen LogP contribution in [-0.2, 0) is 23.1 Å². The van der Waals surface area contributed by atoms with Gasteiger partial charge in [-0.15, -0.1) is 0 Å². The van der Waals surface area contributed by atoms with E-state index in [9.17, 15) is 13.2 Å². The molecule has 0 N–H and O–H groups in total. The Hall–Kier alpha value is -4.25. The lowest BCUT2D eigenvalue weighted by atomic mass is 10.1. The molecule has 0 saturated heterocycles. The van der Waals surface area contributed by atoms with Crippen LogP contribution in [0.25, 0.3) is 10.2 Å². The molecule has 0 aliphatic heterocycles. The molecule has 1 amide bonds. The molecule has 0 aliphatic rings. The molecular formula is C32H31N3O5S2. The van der Waals surface area contributed by atoms with Gasteiger partial charge in [-0.25, -0.2) is 13.4 Å². The average molecular weight is 602 g/mol. The van der Waals surface area contributed by atoms with E-state index in [1.165, 1.54) is 27.8 Å². The van der Waals surface area contributed by atoms with Crippen molar-refractivity contribution in [3.8, 4) is 11.5 Å². The number of rotatable bonds is 11. The molecule has 0 aliphatic carbocycles. The number of benzene rings is 4. The molecule has 5 aromatic rings. The van der Waals surface area contributed by atoms with Gasteiger partial charge in [0.1, 0.15) is 21.7 Å². The van der Waals surface area contributed by atoms with Gasteiger partial charge in [-0.05, 0) is 47.5 Å². The van der Waals surface area contributed by atoms with Gasteiger partial charge in [0.2, 0.25) is 10.0 Å². The molecular weight excluding hydrogens is 571 g/mol. The van der Waals surface area contributed by atoms with Crippen molar-refractivity contribution in [3.05, 3.63) is 114 Å². The summed E-state index contributed by atoms with van der Waals surface area (Å²) in [5.74, 6) is 0.898. The fourth-order valence-corrected chi connectivity index (χ4v) is 7.12. The minimum Gasteiger partial charge on any atom is -0.495 e. The number of nitrogens with zero attached hydrogens (tertiary/aromatic N) is 3. The normalized spacial score (nSPS) is 11.5. The molecule has 4 aromatic carbocycles.